The summed E-state index contributed by atoms with van der Waals surface area (Å²) in [5.74, 6) is 0.565. The van der Waals surface area contributed by atoms with Gasteiger partial charge in [-0.05, 0) is 19.8 Å². The van der Waals surface area contributed by atoms with Crippen LogP contribution in [0.25, 0.3) is 0 Å². The van der Waals surface area contributed by atoms with Crippen molar-refractivity contribution in [2.75, 3.05) is 13.1 Å². The summed E-state index contributed by atoms with van der Waals surface area (Å²) in [5, 5.41) is 10.3. The lowest BCUT2D eigenvalue weighted by molar-refractivity contribution is -0.130. The lowest BCUT2D eigenvalue weighted by Gasteiger charge is -2.30. The van der Waals surface area contributed by atoms with Gasteiger partial charge in [-0.3, -0.25) is 4.79 Å². The molecule has 1 fully saturated rings. The van der Waals surface area contributed by atoms with Crippen LogP contribution in [-0.4, -0.2) is 34.1 Å². The van der Waals surface area contributed by atoms with Crippen molar-refractivity contribution in [3.63, 3.8) is 0 Å². The van der Waals surface area contributed by atoms with Gasteiger partial charge in [0.25, 0.3) is 0 Å². The molecule has 0 bridgehead atoms. The monoisotopic (exact) mass is 225 g/mol. The topological polar surface area (TPSA) is 46.1 Å². The first-order chi connectivity index (χ1) is 7.16. The molecule has 0 spiro atoms. The zero-order chi connectivity index (χ0) is 10.8. The smallest absolute Gasteiger partial charge is 0.219 e. The Kier molecular flexibility index (Phi) is 3.00. The average Bonchev–Trinajstić information content (AvgIpc) is 2.65. The lowest BCUT2D eigenvalue weighted by Crippen LogP contribution is -2.37. The largest absolute Gasteiger partial charge is 0.342 e. The molecule has 1 unspecified atom stereocenters. The number of amides is 1. The lowest BCUT2D eigenvalue weighted by atomic mass is 9.99. The Morgan fingerprint density at radius 3 is 2.93 bits per heavy atom. The van der Waals surface area contributed by atoms with Gasteiger partial charge in [0.1, 0.15) is 10.0 Å². The SMILES string of the molecule is CC(=O)N1CCCC(c2nnc(C)s2)C1. The predicted octanol–water partition coefficient (Wildman–Crippen LogP) is 1.57. The van der Waals surface area contributed by atoms with Gasteiger partial charge in [-0.1, -0.05) is 0 Å². The van der Waals surface area contributed by atoms with Crippen molar-refractivity contribution in [2.24, 2.45) is 0 Å². The first-order valence-electron chi connectivity index (χ1n) is 5.22. The molecule has 1 aliphatic heterocycles. The summed E-state index contributed by atoms with van der Waals surface area (Å²) in [6.07, 6.45) is 2.20. The number of hydrogen-bond donors (Lipinski definition) is 0. The molecule has 15 heavy (non-hydrogen) atoms. The van der Waals surface area contributed by atoms with Gasteiger partial charge in [0, 0.05) is 25.9 Å². The minimum atomic E-state index is 0.168. The normalized spacial score (nSPS) is 21.7. The average molecular weight is 225 g/mol. The van der Waals surface area contributed by atoms with Gasteiger partial charge in [-0.25, -0.2) is 0 Å². The maximum Gasteiger partial charge on any atom is 0.219 e. The Morgan fingerprint density at radius 2 is 2.33 bits per heavy atom. The first-order valence-corrected chi connectivity index (χ1v) is 6.04. The van der Waals surface area contributed by atoms with Gasteiger partial charge in [-0.2, -0.15) is 0 Å². The van der Waals surface area contributed by atoms with Crippen LogP contribution in [0.3, 0.4) is 0 Å². The first kappa shape index (κ1) is 10.5. The number of rotatable bonds is 1. The summed E-state index contributed by atoms with van der Waals surface area (Å²) >= 11 is 1.65. The van der Waals surface area contributed by atoms with E-state index in [4.69, 9.17) is 0 Å². The second-order valence-electron chi connectivity index (χ2n) is 3.96. The molecule has 2 rings (SSSR count). The third-order valence-electron chi connectivity index (χ3n) is 2.76. The Hall–Kier alpha value is -0.970. The number of nitrogens with zero attached hydrogens (tertiary/aromatic N) is 3. The van der Waals surface area contributed by atoms with E-state index >= 15 is 0 Å². The highest BCUT2D eigenvalue weighted by atomic mass is 32.1. The Labute approximate surface area is 93.3 Å². The number of carbonyl (C=O) groups excluding carboxylic acids is 1. The summed E-state index contributed by atoms with van der Waals surface area (Å²) < 4.78 is 0. The van der Waals surface area contributed by atoms with Crippen LogP contribution in [0.4, 0.5) is 0 Å². The number of carbonyl (C=O) groups is 1. The molecule has 0 N–H and O–H groups in total. The van der Waals surface area contributed by atoms with Crippen LogP contribution in [0.5, 0.6) is 0 Å². The van der Waals surface area contributed by atoms with Crippen LogP contribution in [-0.2, 0) is 4.79 Å². The molecule has 2 heterocycles. The molecule has 1 aliphatic rings. The molecule has 5 heteroatoms. The van der Waals surface area contributed by atoms with Crippen LogP contribution in [0.2, 0.25) is 0 Å². The van der Waals surface area contributed by atoms with Gasteiger partial charge in [-0.15, -0.1) is 21.5 Å². The Morgan fingerprint density at radius 1 is 1.53 bits per heavy atom. The van der Waals surface area contributed by atoms with Gasteiger partial charge < -0.3 is 4.90 Å². The maximum absolute atomic E-state index is 11.3. The summed E-state index contributed by atoms with van der Waals surface area (Å²) in [4.78, 5) is 13.2. The zero-order valence-corrected chi connectivity index (χ0v) is 9.88. The van der Waals surface area contributed by atoms with Crippen LogP contribution < -0.4 is 0 Å². The van der Waals surface area contributed by atoms with E-state index < -0.39 is 0 Å². The van der Waals surface area contributed by atoms with Crippen LogP contribution >= 0.6 is 11.3 Å². The molecular formula is C10H15N3OS. The molecule has 1 aromatic heterocycles. The van der Waals surface area contributed by atoms with Gasteiger partial charge in [0.05, 0.1) is 0 Å². The van der Waals surface area contributed by atoms with E-state index in [2.05, 4.69) is 10.2 Å². The summed E-state index contributed by atoms with van der Waals surface area (Å²) in [6.45, 7) is 5.30. The van der Waals surface area contributed by atoms with Crippen LogP contribution in [0.1, 0.15) is 35.7 Å². The van der Waals surface area contributed by atoms with Gasteiger partial charge >= 0.3 is 0 Å². The number of piperidine rings is 1. The molecular weight excluding hydrogens is 210 g/mol. The van der Waals surface area contributed by atoms with Crippen molar-refractivity contribution >= 4 is 17.2 Å². The van der Waals surface area contributed by atoms with E-state index in [1.807, 2.05) is 11.8 Å². The van der Waals surface area contributed by atoms with E-state index in [0.717, 1.165) is 35.9 Å². The predicted molar refractivity (Wildman–Crippen MR) is 58.9 cm³/mol. The molecule has 1 atom stereocenters. The molecule has 82 valence electrons. The van der Waals surface area contributed by atoms with E-state index in [0.29, 0.717) is 5.92 Å². The van der Waals surface area contributed by atoms with E-state index in [1.165, 1.54) is 0 Å². The zero-order valence-electron chi connectivity index (χ0n) is 9.06. The van der Waals surface area contributed by atoms with Gasteiger partial charge in [0.15, 0.2) is 0 Å². The molecule has 1 aromatic rings. The van der Waals surface area contributed by atoms with Crippen LogP contribution in [0.15, 0.2) is 0 Å². The summed E-state index contributed by atoms with van der Waals surface area (Å²) in [5.41, 5.74) is 0. The van der Waals surface area contributed by atoms with Crippen LogP contribution in [0, 0.1) is 6.92 Å². The summed E-state index contributed by atoms with van der Waals surface area (Å²) in [7, 11) is 0. The number of aryl methyl sites for hydroxylation is 1. The summed E-state index contributed by atoms with van der Waals surface area (Å²) in [6, 6.07) is 0. The van der Waals surface area contributed by atoms with Crippen molar-refractivity contribution < 1.29 is 4.79 Å². The number of aromatic nitrogens is 2. The van der Waals surface area contributed by atoms with Crippen molar-refractivity contribution in [3.05, 3.63) is 10.0 Å². The van der Waals surface area contributed by atoms with Crippen molar-refractivity contribution in [1.29, 1.82) is 0 Å². The molecule has 0 aromatic carbocycles. The molecule has 0 saturated carbocycles. The third-order valence-corrected chi connectivity index (χ3v) is 3.76. The second-order valence-corrected chi connectivity index (χ2v) is 5.18. The molecule has 1 amide bonds. The fraction of sp³-hybridized carbons (Fsp3) is 0.700. The van der Waals surface area contributed by atoms with E-state index in [9.17, 15) is 4.79 Å². The van der Waals surface area contributed by atoms with Crippen molar-refractivity contribution in [3.8, 4) is 0 Å². The van der Waals surface area contributed by atoms with E-state index in [-0.39, 0.29) is 5.91 Å². The minimum absolute atomic E-state index is 0.168. The Bertz CT molecular complexity index is 363. The molecule has 0 aliphatic carbocycles. The molecule has 1 saturated heterocycles. The highest BCUT2D eigenvalue weighted by Crippen LogP contribution is 2.28. The molecule has 4 nitrogen and oxygen atoms in total. The number of likely N-dealkylation sites (tertiary alicyclic amines) is 1. The molecule has 0 radical (unpaired) electrons. The second kappa shape index (κ2) is 4.26. The Balaban J connectivity index is 2.07. The van der Waals surface area contributed by atoms with Crippen molar-refractivity contribution in [1.82, 2.24) is 15.1 Å². The number of hydrogen-bond acceptors (Lipinski definition) is 4. The van der Waals surface area contributed by atoms with Crippen molar-refractivity contribution in [2.45, 2.75) is 32.6 Å². The quantitative estimate of drug-likeness (QED) is 0.729. The fourth-order valence-electron chi connectivity index (χ4n) is 1.94. The highest BCUT2D eigenvalue weighted by molar-refractivity contribution is 7.11. The van der Waals surface area contributed by atoms with Gasteiger partial charge in [0.2, 0.25) is 5.91 Å². The maximum atomic E-state index is 11.3. The fourth-order valence-corrected chi connectivity index (χ4v) is 2.77. The minimum Gasteiger partial charge on any atom is -0.342 e. The highest BCUT2D eigenvalue weighted by Gasteiger charge is 2.25. The third kappa shape index (κ3) is 2.34. The van der Waals surface area contributed by atoms with E-state index in [1.54, 1.807) is 18.3 Å². The standard InChI is InChI=1S/C10H15N3OS/c1-7-11-12-10(15-7)9-4-3-5-13(6-9)8(2)14/h9H,3-6H2,1-2H3.